The first-order chi connectivity index (χ1) is 9.95. The van der Waals surface area contributed by atoms with Crippen LogP contribution in [0.1, 0.15) is 16.8 Å². The van der Waals surface area contributed by atoms with Gasteiger partial charge in [0.1, 0.15) is 0 Å². The van der Waals surface area contributed by atoms with Crippen molar-refractivity contribution in [2.24, 2.45) is 12.8 Å². The lowest BCUT2D eigenvalue weighted by Gasteiger charge is -2.12. The van der Waals surface area contributed by atoms with E-state index in [1.807, 2.05) is 19.2 Å². The van der Waals surface area contributed by atoms with Gasteiger partial charge in [-0.05, 0) is 30.2 Å². The monoisotopic (exact) mass is 308 g/mol. The van der Waals surface area contributed by atoms with Gasteiger partial charge in [-0.25, -0.2) is 13.1 Å². The second kappa shape index (κ2) is 6.38. The van der Waals surface area contributed by atoms with Crippen molar-refractivity contribution in [1.29, 1.82) is 0 Å². The molecule has 0 aliphatic heterocycles. The van der Waals surface area contributed by atoms with Gasteiger partial charge in [0.2, 0.25) is 10.0 Å². The molecule has 0 aliphatic carbocycles. The van der Waals surface area contributed by atoms with Gasteiger partial charge in [-0.2, -0.15) is 5.10 Å². The standard InChI is InChI=1S/C14H20N4O2S/c1-11-12(10-15)4-3-5-14(11)21(19,20)17-9-7-13-6-8-16-18(13)2/h3-6,8,17H,7,9-10,15H2,1-2H3. The van der Waals surface area contributed by atoms with Crippen LogP contribution in [0.15, 0.2) is 35.4 Å². The Morgan fingerprint density at radius 1 is 1.33 bits per heavy atom. The topological polar surface area (TPSA) is 90.0 Å². The molecular weight excluding hydrogens is 288 g/mol. The number of hydrogen-bond donors (Lipinski definition) is 2. The highest BCUT2D eigenvalue weighted by molar-refractivity contribution is 7.89. The van der Waals surface area contributed by atoms with Crippen LogP contribution in [-0.4, -0.2) is 24.7 Å². The van der Waals surface area contributed by atoms with E-state index in [1.54, 1.807) is 29.9 Å². The molecule has 1 aromatic heterocycles. The normalized spacial score (nSPS) is 11.8. The summed E-state index contributed by atoms with van der Waals surface area (Å²) >= 11 is 0. The minimum absolute atomic E-state index is 0.287. The van der Waals surface area contributed by atoms with Gasteiger partial charge in [0, 0.05) is 38.4 Å². The van der Waals surface area contributed by atoms with E-state index in [4.69, 9.17) is 5.73 Å². The molecule has 0 saturated heterocycles. The molecule has 2 aromatic rings. The molecule has 1 heterocycles. The molecule has 3 N–H and O–H groups in total. The minimum atomic E-state index is -3.52. The smallest absolute Gasteiger partial charge is 0.240 e. The Kier molecular flexibility index (Phi) is 4.76. The van der Waals surface area contributed by atoms with Gasteiger partial charge < -0.3 is 5.73 Å². The fourth-order valence-corrected chi connectivity index (χ4v) is 3.53. The molecular formula is C14H20N4O2S. The molecule has 21 heavy (non-hydrogen) atoms. The van der Waals surface area contributed by atoms with Crippen molar-refractivity contribution in [2.75, 3.05) is 6.54 Å². The number of aromatic nitrogens is 2. The molecule has 0 amide bonds. The van der Waals surface area contributed by atoms with Crippen LogP contribution in [-0.2, 0) is 30.0 Å². The first kappa shape index (κ1) is 15.7. The van der Waals surface area contributed by atoms with Crippen molar-refractivity contribution in [3.05, 3.63) is 47.3 Å². The quantitative estimate of drug-likeness (QED) is 0.822. The van der Waals surface area contributed by atoms with E-state index in [9.17, 15) is 8.42 Å². The molecule has 0 spiro atoms. The van der Waals surface area contributed by atoms with Gasteiger partial charge >= 0.3 is 0 Å². The first-order valence-electron chi connectivity index (χ1n) is 6.71. The van der Waals surface area contributed by atoms with Gasteiger partial charge in [0.15, 0.2) is 0 Å². The lowest BCUT2D eigenvalue weighted by molar-refractivity contribution is 0.579. The molecule has 0 atom stereocenters. The van der Waals surface area contributed by atoms with Crippen LogP contribution in [0.3, 0.4) is 0 Å². The maximum Gasteiger partial charge on any atom is 0.240 e. The second-order valence-corrected chi connectivity index (χ2v) is 6.57. The zero-order valence-corrected chi connectivity index (χ0v) is 13.0. The van der Waals surface area contributed by atoms with Crippen LogP contribution in [0.5, 0.6) is 0 Å². The predicted octanol–water partition coefficient (Wildman–Crippen LogP) is 0.708. The summed E-state index contributed by atoms with van der Waals surface area (Å²) in [5.41, 5.74) is 8.14. The molecule has 0 radical (unpaired) electrons. The maximum absolute atomic E-state index is 12.4. The van der Waals surface area contributed by atoms with E-state index in [0.717, 1.165) is 11.3 Å². The predicted molar refractivity (Wildman–Crippen MR) is 81.2 cm³/mol. The van der Waals surface area contributed by atoms with Crippen LogP contribution in [0, 0.1) is 6.92 Å². The van der Waals surface area contributed by atoms with Crippen molar-refractivity contribution in [2.45, 2.75) is 24.8 Å². The van der Waals surface area contributed by atoms with Gasteiger partial charge in [-0.3, -0.25) is 4.68 Å². The summed E-state index contributed by atoms with van der Waals surface area (Å²) in [5.74, 6) is 0. The fraction of sp³-hybridized carbons (Fsp3) is 0.357. The van der Waals surface area contributed by atoms with Gasteiger partial charge in [0.25, 0.3) is 0 Å². The molecule has 2 rings (SSSR count). The first-order valence-corrected chi connectivity index (χ1v) is 8.19. The van der Waals surface area contributed by atoms with E-state index >= 15 is 0 Å². The Morgan fingerprint density at radius 2 is 2.10 bits per heavy atom. The average Bonchev–Trinajstić information content (AvgIpc) is 2.84. The van der Waals surface area contributed by atoms with Crippen molar-refractivity contribution in [3.8, 4) is 0 Å². The third-order valence-electron chi connectivity index (χ3n) is 3.50. The fourth-order valence-electron chi connectivity index (χ4n) is 2.21. The molecule has 1 aromatic carbocycles. The summed E-state index contributed by atoms with van der Waals surface area (Å²) in [6.07, 6.45) is 2.28. The summed E-state index contributed by atoms with van der Waals surface area (Å²) in [4.78, 5) is 0.287. The van der Waals surface area contributed by atoms with Crippen LogP contribution >= 0.6 is 0 Å². The minimum Gasteiger partial charge on any atom is -0.326 e. The number of nitrogens with two attached hydrogens (primary N) is 1. The Labute approximate surface area is 125 Å². The Bertz CT molecular complexity index is 722. The number of nitrogens with zero attached hydrogens (tertiary/aromatic N) is 2. The Balaban J connectivity index is 2.10. The van der Waals surface area contributed by atoms with Gasteiger partial charge in [-0.1, -0.05) is 12.1 Å². The van der Waals surface area contributed by atoms with E-state index in [2.05, 4.69) is 9.82 Å². The maximum atomic E-state index is 12.4. The third-order valence-corrected chi connectivity index (χ3v) is 5.11. The third kappa shape index (κ3) is 3.49. The lowest BCUT2D eigenvalue weighted by Crippen LogP contribution is -2.27. The number of rotatable bonds is 6. The zero-order chi connectivity index (χ0) is 15.5. The Morgan fingerprint density at radius 3 is 2.71 bits per heavy atom. The number of hydrogen-bond acceptors (Lipinski definition) is 4. The van der Waals surface area contributed by atoms with E-state index in [1.165, 1.54) is 0 Å². The molecule has 0 bridgehead atoms. The van der Waals surface area contributed by atoms with Crippen LogP contribution < -0.4 is 10.5 Å². The number of aryl methyl sites for hydroxylation is 1. The molecule has 0 saturated carbocycles. The molecule has 6 nitrogen and oxygen atoms in total. The molecule has 114 valence electrons. The molecule has 0 fully saturated rings. The number of sulfonamides is 1. The SMILES string of the molecule is Cc1c(CN)cccc1S(=O)(=O)NCCc1ccnn1C. The van der Waals surface area contributed by atoms with Gasteiger partial charge in [-0.15, -0.1) is 0 Å². The molecule has 0 unspecified atom stereocenters. The average molecular weight is 308 g/mol. The summed E-state index contributed by atoms with van der Waals surface area (Å²) in [7, 11) is -1.69. The summed E-state index contributed by atoms with van der Waals surface area (Å²) in [6, 6.07) is 7.02. The van der Waals surface area contributed by atoms with E-state index in [0.29, 0.717) is 25.1 Å². The molecule has 7 heteroatoms. The van der Waals surface area contributed by atoms with Crippen LogP contribution in [0.4, 0.5) is 0 Å². The van der Waals surface area contributed by atoms with Crippen LogP contribution in [0.25, 0.3) is 0 Å². The lowest BCUT2D eigenvalue weighted by atomic mass is 10.1. The van der Waals surface area contributed by atoms with E-state index < -0.39 is 10.0 Å². The second-order valence-electron chi connectivity index (χ2n) is 4.84. The van der Waals surface area contributed by atoms with Gasteiger partial charge in [0.05, 0.1) is 4.90 Å². The highest BCUT2D eigenvalue weighted by Crippen LogP contribution is 2.18. The van der Waals surface area contributed by atoms with Crippen LogP contribution in [0.2, 0.25) is 0 Å². The Hall–Kier alpha value is -1.70. The number of nitrogens with one attached hydrogen (secondary N) is 1. The van der Waals surface area contributed by atoms with Crippen molar-refractivity contribution < 1.29 is 8.42 Å². The van der Waals surface area contributed by atoms with Crippen molar-refractivity contribution in [1.82, 2.24) is 14.5 Å². The van der Waals surface area contributed by atoms with Crippen molar-refractivity contribution in [3.63, 3.8) is 0 Å². The molecule has 0 aliphatic rings. The zero-order valence-electron chi connectivity index (χ0n) is 12.2. The van der Waals surface area contributed by atoms with E-state index in [-0.39, 0.29) is 4.90 Å². The highest BCUT2D eigenvalue weighted by atomic mass is 32.2. The summed E-state index contributed by atoms with van der Waals surface area (Å²) in [5, 5.41) is 4.05. The highest BCUT2D eigenvalue weighted by Gasteiger charge is 2.17. The summed E-state index contributed by atoms with van der Waals surface area (Å²) in [6.45, 7) is 2.43. The van der Waals surface area contributed by atoms with Crippen molar-refractivity contribution >= 4 is 10.0 Å². The number of benzene rings is 1. The largest absolute Gasteiger partial charge is 0.326 e. The summed E-state index contributed by atoms with van der Waals surface area (Å²) < 4.78 is 29.1.